The highest BCUT2D eigenvalue weighted by molar-refractivity contribution is 6.14. The van der Waals surface area contributed by atoms with E-state index in [-0.39, 0.29) is 11.4 Å². The average Bonchev–Trinajstić information content (AvgIpc) is 2.49. The number of urea groups is 1. The van der Waals surface area contributed by atoms with Crippen LogP contribution in [0, 0.1) is 0 Å². The van der Waals surface area contributed by atoms with E-state index in [9.17, 15) is 14.7 Å². The lowest BCUT2D eigenvalue weighted by Gasteiger charge is -1.98. The van der Waals surface area contributed by atoms with Gasteiger partial charge in [-0.25, -0.2) is 4.79 Å². The van der Waals surface area contributed by atoms with Crippen molar-refractivity contribution in [3.05, 3.63) is 35.5 Å². The number of benzene rings is 1. The predicted molar refractivity (Wildman–Crippen MR) is 52.8 cm³/mol. The van der Waals surface area contributed by atoms with Crippen LogP contribution in [-0.2, 0) is 4.79 Å². The first-order valence-corrected chi connectivity index (χ1v) is 4.29. The topological polar surface area (TPSA) is 78.4 Å². The SMILES string of the molecule is O=C1NC(=O)/C(=C\c2ccccc2O)N1. The lowest BCUT2D eigenvalue weighted by molar-refractivity contribution is -0.115. The van der Waals surface area contributed by atoms with Gasteiger partial charge in [0.15, 0.2) is 0 Å². The monoisotopic (exact) mass is 204 g/mol. The van der Waals surface area contributed by atoms with Gasteiger partial charge in [0.1, 0.15) is 11.4 Å². The maximum Gasteiger partial charge on any atom is 0.326 e. The molecule has 5 nitrogen and oxygen atoms in total. The minimum absolute atomic E-state index is 0.0546. The summed E-state index contributed by atoms with van der Waals surface area (Å²) in [5.41, 5.74) is 0.603. The molecule has 3 N–H and O–H groups in total. The third kappa shape index (κ3) is 1.80. The number of phenols is 1. The number of hydrogen-bond acceptors (Lipinski definition) is 3. The normalized spacial score (nSPS) is 17.7. The van der Waals surface area contributed by atoms with Crippen molar-refractivity contribution in [2.75, 3.05) is 0 Å². The zero-order valence-corrected chi connectivity index (χ0v) is 7.65. The van der Waals surface area contributed by atoms with Crippen LogP contribution in [0.25, 0.3) is 6.08 Å². The van der Waals surface area contributed by atoms with Gasteiger partial charge in [0.2, 0.25) is 0 Å². The van der Waals surface area contributed by atoms with Gasteiger partial charge in [0.25, 0.3) is 5.91 Å². The summed E-state index contributed by atoms with van der Waals surface area (Å²) in [6, 6.07) is 5.98. The summed E-state index contributed by atoms with van der Waals surface area (Å²) in [6.07, 6.45) is 1.41. The van der Waals surface area contributed by atoms with Crippen molar-refractivity contribution in [3.8, 4) is 5.75 Å². The van der Waals surface area contributed by atoms with Crippen LogP contribution in [0.5, 0.6) is 5.75 Å². The Bertz CT molecular complexity index is 465. The van der Waals surface area contributed by atoms with E-state index < -0.39 is 11.9 Å². The van der Waals surface area contributed by atoms with Crippen LogP contribution in [0.4, 0.5) is 4.79 Å². The molecule has 76 valence electrons. The number of carbonyl (C=O) groups excluding carboxylic acids is 2. The van der Waals surface area contributed by atoms with Gasteiger partial charge < -0.3 is 10.4 Å². The largest absolute Gasteiger partial charge is 0.507 e. The number of phenolic OH excluding ortho intramolecular Hbond substituents is 1. The van der Waals surface area contributed by atoms with Crippen LogP contribution in [0.3, 0.4) is 0 Å². The molecule has 1 aliphatic heterocycles. The fourth-order valence-electron chi connectivity index (χ4n) is 1.25. The molecule has 0 aliphatic carbocycles. The minimum atomic E-state index is -0.554. The summed E-state index contributed by atoms with van der Waals surface area (Å²) in [4.78, 5) is 21.9. The molecule has 0 unspecified atom stereocenters. The second kappa shape index (κ2) is 3.45. The van der Waals surface area contributed by atoms with Crippen molar-refractivity contribution in [1.29, 1.82) is 0 Å². The summed E-state index contributed by atoms with van der Waals surface area (Å²) in [5.74, 6) is -0.442. The average molecular weight is 204 g/mol. The van der Waals surface area contributed by atoms with Crippen molar-refractivity contribution in [2.45, 2.75) is 0 Å². The molecule has 0 radical (unpaired) electrons. The quantitative estimate of drug-likeness (QED) is 0.462. The number of aromatic hydroxyl groups is 1. The van der Waals surface area contributed by atoms with Gasteiger partial charge in [-0.1, -0.05) is 18.2 Å². The Morgan fingerprint density at radius 3 is 2.47 bits per heavy atom. The van der Waals surface area contributed by atoms with Gasteiger partial charge in [-0.15, -0.1) is 0 Å². The first-order valence-electron chi connectivity index (χ1n) is 4.29. The van der Waals surface area contributed by atoms with Gasteiger partial charge in [0, 0.05) is 5.56 Å². The van der Waals surface area contributed by atoms with E-state index in [4.69, 9.17) is 0 Å². The number of nitrogens with one attached hydrogen (secondary N) is 2. The molecule has 1 aromatic rings. The van der Waals surface area contributed by atoms with Crippen LogP contribution in [0.1, 0.15) is 5.56 Å². The molecular formula is C10H8N2O3. The fourth-order valence-corrected chi connectivity index (χ4v) is 1.25. The number of imide groups is 1. The summed E-state index contributed by atoms with van der Waals surface area (Å²) in [6.45, 7) is 0. The van der Waals surface area contributed by atoms with Crippen molar-refractivity contribution >= 4 is 18.0 Å². The van der Waals surface area contributed by atoms with E-state index in [0.29, 0.717) is 5.56 Å². The Morgan fingerprint density at radius 1 is 1.13 bits per heavy atom. The maximum absolute atomic E-state index is 11.2. The van der Waals surface area contributed by atoms with Crippen LogP contribution < -0.4 is 10.6 Å². The summed E-state index contributed by atoms with van der Waals surface area (Å²) >= 11 is 0. The Morgan fingerprint density at radius 2 is 1.87 bits per heavy atom. The summed E-state index contributed by atoms with van der Waals surface area (Å²) < 4.78 is 0. The van der Waals surface area contributed by atoms with Gasteiger partial charge >= 0.3 is 6.03 Å². The number of para-hydroxylation sites is 1. The molecule has 0 spiro atoms. The highest BCUT2D eigenvalue weighted by Gasteiger charge is 2.22. The molecule has 0 bridgehead atoms. The number of carbonyl (C=O) groups is 2. The van der Waals surface area contributed by atoms with E-state index in [2.05, 4.69) is 10.6 Å². The van der Waals surface area contributed by atoms with Gasteiger partial charge in [-0.2, -0.15) is 0 Å². The van der Waals surface area contributed by atoms with Gasteiger partial charge in [0.05, 0.1) is 0 Å². The molecule has 1 fully saturated rings. The van der Waals surface area contributed by atoms with E-state index in [1.807, 2.05) is 0 Å². The zero-order chi connectivity index (χ0) is 10.8. The third-order valence-corrected chi connectivity index (χ3v) is 1.96. The number of rotatable bonds is 1. The first-order chi connectivity index (χ1) is 7.16. The number of amides is 3. The Hall–Kier alpha value is -2.30. The highest BCUT2D eigenvalue weighted by atomic mass is 16.3. The Balaban J connectivity index is 2.35. The smallest absolute Gasteiger partial charge is 0.326 e. The van der Waals surface area contributed by atoms with E-state index in [1.54, 1.807) is 18.2 Å². The minimum Gasteiger partial charge on any atom is -0.507 e. The molecule has 2 rings (SSSR count). The fraction of sp³-hybridized carbons (Fsp3) is 0. The third-order valence-electron chi connectivity index (χ3n) is 1.96. The maximum atomic E-state index is 11.2. The summed E-state index contributed by atoms with van der Waals surface area (Å²) in [5, 5.41) is 13.8. The molecule has 0 saturated carbocycles. The molecule has 1 aromatic carbocycles. The Labute approximate surface area is 85.4 Å². The lowest BCUT2D eigenvalue weighted by atomic mass is 10.1. The summed E-state index contributed by atoms with van der Waals surface area (Å²) in [7, 11) is 0. The van der Waals surface area contributed by atoms with E-state index >= 15 is 0 Å². The lowest BCUT2D eigenvalue weighted by Crippen LogP contribution is -2.22. The van der Waals surface area contributed by atoms with Crippen molar-refractivity contribution in [1.82, 2.24) is 10.6 Å². The predicted octanol–water partition coefficient (Wildman–Crippen LogP) is 0.572. The van der Waals surface area contributed by atoms with Crippen molar-refractivity contribution < 1.29 is 14.7 Å². The molecule has 1 aliphatic rings. The van der Waals surface area contributed by atoms with Crippen LogP contribution in [0.15, 0.2) is 30.0 Å². The molecular weight excluding hydrogens is 196 g/mol. The molecule has 3 amide bonds. The van der Waals surface area contributed by atoms with E-state index in [1.165, 1.54) is 12.1 Å². The standard InChI is InChI=1S/C10H8N2O3/c13-8-4-2-1-3-6(8)5-7-9(14)12-10(15)11-7/h1-5,13H,(H2,11,12,14,15)/b7-5+. The van der Waals surface area contributed by atoms with Crippen molar-refractivity contribution in [3.63, 3.8) is 0 Å². The molecule has 0 atom stereocenters. The molecule has 15 heavy (non-hydrogen) atoms. The molecule has 1 saturated heterocycles. The highest BCUT2D eigenvalue weighted by Crippen LogP contribution is 2.18. The van der Waals surface area contributed by atoms with Crippen LogP contribution in [0.2, 0.25) is 0 Å². The number of hydrogen-bond donors (Lipinski definition) is 3. The second-order valence-electron chi connectivity index (χ2n) is 3.03. The molecule has 0 aromatic heterocycles. The zero-order valence-electron chi connectivity index (χ0n) is 7.65. The van der Waals surface area contributed by atoms with Gasteiger partial charge in [-0.05, 0) is 12.1 Å². The Kier molecular flexibility index (Phi) is 2.13. The van der Waals surface area contributed by atoms with E-state index in [0.717, 1.165) is 0 Å². The molecule has 5 heteroatoms. The van der Waals surface area contributed by atoms with Crippen LogP contribution in [-0.4, -0.2) is 17.0 Å². The van der Waals surface area contributed by atoms with Crippen LogP contribution >= 0.6 is 0 Å². The molecule has 1 heterocycles. The van der Waals surface area contributed by atoms with Crippen molar-refractivity contribution in [2.24, 2.45) is 0 Å². The first kappa shape index (κ1) is 9.26. The second-order valence-corrected chi connectivity index (χ2v) is 3.03. The van der Waals surface area contributed by atoms with Gasteiger partial charge in [-0.3, -0.25) is 10.1 Å².